The number of amides is 3. The molecular formula is C22H23N3O3. The van der Waals surface area contributed by atoms with Gasteiger partial charge in [-0.25, -0.2) is 0 Å². The van der Waals surface area contributed by atoms with Gasteiger partial charge in [0.1, 0.15) is 0 Å². The van der Waals surface area contributed by atoms with E-state index >= 15 is 0 Å². The van der Waals surface area contributed by atoms with Gasteiger partial charge in [-0.05, 0) is 48.2 Å². The number of nitrogens with zero attached hydrogens (tertiary/aromatic N) is 1. The fourth-order valence-electron chi connectivity index (χ4n) is 3.07. The van der Waals surface area contributed by atoms with E-state index in [2.05, 4.69) is 11.9 Å². The van der Waals surface area contributed by atoms with Crippen LogP contribution in [0.15, 0.2) is 61.2 Å². The first-order chi connectivity index (χ1) is 13.5. The minimum Gasteiger partial charge on any atom is -0.366 e. The second kappa shape index (κ2) is 8.52. The van der Waals surface area contributed by atoms with Crippen molar-refractivity contribution < 1.29 is 14.4 Å². The van der Waals surface area contributed by atoms with Gasteiger partial charge in [0.25, 0.3) is 0 Å². The van der Waals surface area contributed by atoms with Crippen LogP contribution >= 0.6 is 0 Å². The number of carbonyl (C=O) groups excluding carboxylic acids is 3. The summed E-state index contributed by atoms with van der Waals surface area (Å²) in [6.45, 7) is 3.88. The van der Waals surface area contributed by atoms with E-state index in [0.29, 0.717) is 17.8 Å². The lowest BCUT2D eigenvalue weighted by molar-refractivity contribution is -0.131. The Morgan fingerprint density at radius 3 is 2.57 bits per heavy atom. The maximum Gasteiger partial charge on any atom is 0.248 e. The van der Waals surface area contributed by atoms with Crippen LogP contribution in [-0.4, -0.2) is 28.7 Å². The van der Waals surface area contributed by atoms with Gasteiger partial charge in [-0.2, -0.15) is 0 Å². The highest BCUT2D eigenvalue weighted by Gasteiger charge is 2.32. The first kappa shape index (κ1) is 19.4. The van der Waals surface area contributed by atoms with E-state index in [1.807, 2.05) is 23.1 Å². The Bertz CT molecular complexity index is 919. The van der Waals surface area contributed by atoms with Crippen molar-refractivity contribution >= 4 is 23.4 Å². The topological polar surface area (TPSA) is 92.5 Å². The van der Waals surface area contributed by atoms with E-state index in [9.17, 15) is 14.4 Å². The lowest BCUT2D eigenvalue weighted by Crippen LogP contribution is -2.34. The van der Waals surface area contributed by atoms with Gasteiger partial charge in [-0.1, -0.05) is 36.9 Å². The molecular weight excluding hydrogens is 354 g/mol. The number of benzene rings is 2. The van der Waals surface area contributed by atoms with Crippen LogP contribution in [0.1, 0.15) is 34.3 Å². The van der Waals surface area contributed by atoms with Gasteiger partial charge in [0.15, 0.2) is 0 Å². The van der Waals surface area contributed by atoms with Crippen molar-refractivity contribution in [3.8, 4) is 0 Å². The molecule has 1 aliphatic rings. The van der Waals surface area contributed by atoms with Gasteiger partial charge in [-0.3, -0.25) is 14.4 Å². The van der Waals surface area contributed by atoms with Crippen LogP contribution in [0, 0.1) is 0 Å². The van der Waals surface area contributed by atoms with Crippen LogP contribution in [0.5, 0.6) is 0 Å². The third-order valence-corrected chi connectivity index (χ3v) is 4.67. The minimum absolute atomic E-state index is 0.0210. The zero-order valence-electron chi connectivity index (χ0n) is 15.6. The summed E-state index contributed by atoms with van der Waals surface area (Å²) in [6, 6.07) is 14.5. The molecule has 1 fully saturated rings. The zero-order chi connectivity index (χ0) is 20.1. The molecule has 28 heavy (non-hydrogen) atoms. The molecule has 0 spiro atoms. The van der Waals surface area contributed by atoms with E-state index in [1.165, 1.54) is 6.08 Å². The zero-order valence-corrected chi connectivity index (χ0v) is 15.6. The summed E-state index contributed by atoms with van der Waals surface area (Å²) in [6.07, 6.45) is 3.31. The van der Waals surface area contributed by atoms with Crippen molar-refractivity contribution in [2.24, 2.45) is 5.73 Å². The Labute approximate surface area is 164 Å². The lowest BCUT2D eigenvalue weighted by Gasteiger charge is -2.23. The predicted molar refractivity (Wildman–Crippen MR) is 108 cm³/mol. The molecule has 3 N–H and O–H groups in total. The molecule has 6 heteroatoms. The summed E-state index contributed by atoms with van der Waals surface area (Å²) in [4.78, 5) is 37.9. The largest absolute Gasteiger partial charge is 0.366 e. The maximum absolute atomic E-state index is 13.0. The van der Waals surface area contributed by atoms with Crippen molar-refractivity contribution in [1.82, 2.24) is 4.90 Å². The molecule has 1 aliphatic carbocycles. The van der Waals surface area contributed by atoms with Crippen LogP contribution in [0.4, 0.5) is 5.69 Å². The monoisotopic (exact) mass is 377 g/mol. The van der Waals surface area contributed by atoms with E-state index in [0.717, 1.165) is 24.0 Å². The first-order valence-electron chi connectivity index (χ1n) is 9.17. The SMILES string of the molecule is C=CC(=O)Nc1ccccc1CC(=O)N(Cc1cccc(C(N)=O)c1)C1CC1. The van der Waals surface area contributed by atoms with E-state index in [-0.39, 0.29) is 24.3 Å². The van der Waals surface area contributed by atoms with Gasteiger partial charge in [0, 0.05) is 23.8 Å². The Hall–Kier alpha value is -3.41. The first-order valence-corrected chi connectivity index (χ1v) is 9.17. The summed E-state index contributed by atoms with van der Waals surface area (Å²) >= 11 is 0. The summed E-state index contributed by atoms with van der Waals surface area (Å²) in [5.41, 5.74) is 8.00. The highest BCUT2D eigenvalue weighted by Crippen LogP contribution is 2.30. The summed E-state index contributed by atoms with van der Waals surface area (Å²) in [5, 5.41) is 2.74. The van der Waals surface area contributed by atoms with Gasteiger partial charge in [0.2, 0.25) is 17.7 Å². The number of hydrogen-bond donors (Lipinski definition) is 2. The predicted octanol–water partition coefficient (Wildman–Crippen LogP) is 2.64. The highest BCUT2D eigenvalue weighted by molar-refractivity contribution is 5.99. The normalized spacial score (nSPS) is 12.9. The van der Waals surface area contributed by atoms with Crippen molar-refractivity contribution in [1.29, 1.82) is 0 Å². The van der Waals surface area contributed by atoms with Gasteiger partial charge in [0.05, 0.1) is 6.42 Å². The molecule has 0 unspecified atom stereocenters. The van der Waals surface area contributed by atoms with Crippen LogP contribution < -0.4 is 11.1 Å². The molecule has 0 aliphatic heterocycles. The number of para-hydroxylation sites is 1. The highest BCUT2D eigenvalue weighted by atomic mass is 16.2. The molecule has 0 heterocycles. The molecule has 2 aromatic carbocycles. The number of nitrogens with one attached hydrogen (secondary N) is 1. The van der Waals surface area contributed by atoms with Gasteiger partial charge >= 0.3 is 0 Å². The van der Waals surface area contributed by atoms with Crippen molar-refractivity contribution in [2.45, 2.75) is 31.8 Å². The van der Waals surface area contributed by atoms with Crippen molar-refractivity contribution in [3.63, 3.8) is 0 Å². The Balaban J connectivity index is 1.76. The van der Waals surface area contributed by atoms with E-state index < -0.39 is 5.91 Å². The molecule has 144 valence electrons. The molecule has 0 saturated heterocycles. The maximum atomic E-state index is 13.0. The molecule has 0 atom stereocenters. The van der Waals surface area contributed by atoms with Crippen LogP contribution in [-0.2, 0) is 22.6 Å². The quantitative estimate of drug-likeness (QED) is 0.693. The van der Waals surface area contributed by atoms with Crippen LogP contribution in [0.2, 0.25) is 0 Å². The third kappa shape index (κ3) is 4.85. The number of primary amides is 1. The molecule has 0 radical (unpaired) electrons. The fraction of sp³-hybridized carbons (Fsp3) is 0.227. The molecule has 0 bridgehead atoms. The Kier molecular flexibility index (Phi) is 5.89. The van der Waals surface area contributed by atoms with Gasteiger partial charge < -0.3 is 16.0 Å². The fourth-order valence-corrected chi connectivity index (χ4v) is 3.07. The number of hydrogen-bond acceptors (Lipinski definition) is 3. The minimum atomic E-state index is -0.488. The number of nitrogens with two attached hydrogens (primary N) is 1. The lowest BCUT2D eigenvalue weighted by atomic mass is 10.1. The van der Waals surface area contributed by atoms with Crippen molar-refractivity contribution in [3.05, 3.63) is 77.9 Å². The average Bonchev–Trinajstić information content (AvgIpc) is 3.52. The van der Waals surface area contributed by atoms with Gasteiger partial charge in [-0.15, -0.1) is 0 Å². The molecule has 3 rings (SSSR count). The second-order valence-electron chi connectivity index (χ2n) is 6.84. The van der Waals surface area contributed by atoms with E-state index in [1.54, 1.807) is 30.3 Å². The summed E-state index contributed by atoms with van der Waals surface area (Å²) in [5.74, 6) is -0.826. The van der Waals surface area contributed by atoms with E-state index in [4.69, 9.17) is 5.73 Å². The Morgan fingerprint density at radius 1 is 1.14 bits per heavy atom. The number of rotatable bonds is 8. The summed E-state index contributed by atoms with van der Waals surface area (Å²) in [7, 11) is 0. The third-order valence-electron chi connectivity index (χ3n) is 4.67. The smallest absolute Gasteiger partial charge is 0.248 e. The number of carbonyl (C=O) groups is 3. The van der Waals surface area contributed by atoms with Crippen LogP contribution in [0.25, 0.3) is 0 Å². The molecule has 6 nitrogen and oxygen atoms in total. The average molecular weight is 377 g/mol. The Morgan fingerprint density at radius 2 is 1.89 bits per heavy atom. The molecule has 3 amide bonds. The summed E-state index contributed by atoms with van der Waals surface area (Å²) < 4.78 is 0. The molecule has 0 aromatic heterocycles. The second-order valence-corrected chi connectivity index (χ2v) is 6.84. The van der Waals surface area contributed by atoms with Crippen molar-refractivity contribution in [2.75, 3.05) is 5.32 Å². The molecule has 1 saturated carbocycles. The molecule has 2 aromatic rings. The standard InChI is InChI=1S/C22H23N3O3/c1-2-20(26)24-19-9-4-3-7-16(19)13-21(27)25(18-10-11-18)14-15-6-5-8-17(12-15)22(23)28/h2-9,12,18H,1,10-11,13-14H2,(H2,23,28)(H,24,26). The number of anilines is 1. The van der Waals surface area contributed by atoms with Crippen LogP contribution in [0.3, 0.4) is 0 Å².